The SMILES string of the molecule is Cc1ccc(S(=O)(=O)N2CC[C@H]3CCCC[C@@H]3C2)c(C)c1. The van der Waals surface area contributed by atoms with Crippen molar-refractivity contribution in [3.63, 3.8) is 0 Å². The summed E-state index contributed by atoms with van der Waals surface area (Å²) in [5, 5.41) is 0. The molecule has 3 rings (SSSR count). The number of piperidine rings is 1. The van der Waals surface area contributed by atoms with Gasteiger partial charge in [0.25, 0.3) is 0 Å². The molecule has 0 N–H and O–H groups in total. The van der Waals surface area contributed by atoms with Crippen molar-refractivity contribution in [3.05, 3.63) is 29.3 Å². The Morgan fingerprint density at radius 3 is 2.48 bits per heavy atom. The molecule has 0 aromatic heterocycles. The second kappa shape index (κ2) is 5.73. The molecule has 21 heavy (non-hydrogen) atoms. The number of fused-ring (bicyclic) bond motifs is 1. The van der Waals surface area contributed by atoms with Crippen LogP contribution in [0.3, 0.4) is 0 Å². The standard InChI is InChI=1S/C17H25NO2S/c1-13-7-8-17(14(2)11-13)21(19,20)18-10-9-15-5-3-4-6-16(15)12-18/h7-8,11,15-16H,3-6,9-10,12H2,1-2H3/t15-,16-/m1/s1. The predicted molar refractivity (Wildman–Crippen MR) is 84.7 cm³/mol. The molecular formula is C17H25NO2S. The fourth-order valence-corrected chi connectivity index (χ4v) is 5.73. The van der Waals surface area contributed by atoms with Crippen LogP contribution in [0.2, 0.25) is 0 Å². The van der Waals surface area contributed by atoms with Crippen molar-refractivity contribution >= 4 is 10.0 Å². The largest absolute Gasteiger partial charge is 0.243 e. The van der Waals surface area contributed by atoms with E-state index in [9.17, 15) is 8.42 Å². The second-order valence-corrected chi connectivity index (χ2v) is 8.63. The monoisotopic (exact) mass is 307 g/mol. The first-order chi connectivity index (χ1) is 9.98. The van der Waals surface area contributed by atoms with E-state index in [2.05, 4.69) is 0 Å². The number of aryl methyl sites for hydroxylation is 2. The Labute approximate surface area is 128 Å². The van der Waals surface area contributed by atoms with Crippen LogP contribution in [0.25, 0.3) is 0 Å². The molecule has 116 valence electrons. The molecule has 2 fully saturated rings. The normalized spacial score (nSPS) is 27.3. The van der Waals surface area contributed by atoms with Crippen LogP contribution in [0.15, 0.2) is 23.1 Å². The predicted octanol–water partition coefficient (Wildman–Crippen LogP) is 3.50. The summed E-state index contributed by atoms with van der Waals surface area (Å²) in [5.74, 6) is 1.33. The number of hydrogen-bond acceptors (Lipinski definition) is 2. The van der Waals surface area contributed by atoms with Gasteiger partial charge in [0.1, 0.15) is 0 Å². The van der Waals surface area contributed by atoms with Gasteiger partial charge in [0.05, 0.1) is 4.90 Å². The molecule has 1 aliphatic heterocycles. The topological polar surface area (TPSA) is 37.4 Å². The van der Waals surface area contributed by atoms with E-state index in [0.29, 0.717) is 17.4 Å². The van der Waals surface area contributed by atoms with E-state index in [1.165, 1.54) is 25.7 Å². The van der Waals surface area contributed by atoms with Crippen molar-refractivity contribution in [1.82, 2.24) is 4.31 Å². The van der Waals surface area contributed by atoms with E-state index in [4.69, 9.17) is 0 Å². The molecule has 3 nitrogen and oxygen atoms in total. The molecule has 0 bridgehead atoms. The van der Waals surface area contributed by atoms with E-state index in [0.717, 1.165) is 30.0 Å². The van der Waals surface area contributed by atoms with Gasteiger partial charge in [-0.15, -0.1) is 0 Å². The van der Waals surface area contributed by atoms with Crippen LogP contribution < -0.4 is 0 Å². The Bertz CT molecular complexity index is 624. The number of benzene rings is 1. The number of rotatable bonds is 2. The van der Waals surface area contributed by atoms with Gasteiger partial charge in [-0.2, -0.15) is 4.31 Å². The van der Waals surface area contributed by atoms with Gasteiger partial charge in [-0.05, 0) is 50.2 Å². The lowest BCUT2D eigenvalue weighted by Crippen LogP contribution is -2.44. The molecule has 0 radical (unpaired) electrons. The zero-order valence-electron chi connectivity index (χ0n) is 13.0. The molecule has 4 heteroatoms. The zero-order valence-corrected chi connectivity index (χ0v) is 13.8. The molecule has 1 saturated carbocycles. The first-order valence-electron chi connectivity index (χ1n) is 8.06. The van der Waals surface area contributed by atoms with E-state index in [-0.39, 0.29) is 0 Å². The molecule has 1 saturated heterocycles. The maximum absolute atomic E-state index is 12.9. The van der Waals surface area contributed by atoms with Gasteiger partial charge in [0.15, 0.2) is 0 Å². The first kappa shape index (κ1) is 15.0. The maximum Gasteiger partial charge on any atom is 0.243 e. The Hall–Kier alpha value is -0.870. The van der Waals surface area contributed by atoms with Crippen LogP contribution in [0.4, 0.5) is 0 Å². The third kappa shape index (κ3) is 2.88. The molecule has 1 heterocycles. The van der Waals surface area contributed by atoms with Gasteiger partial charge in [0.2, 0.25) is 10.0 Å². The van der Waals surface area contributed by atoms with Gasteiger partial charge in [-0.1, -0.05) is 37.0 Å². The highest BCUT2D eigenvalue weighted by atomic mass is 32.2. The van der Waals surface area contributed by atoms with Crippen molar-refractivity contribution in [2.24, 2.45) is 11.8 Å². The summed E-state index contributed by atoms with van der Waals surface area (Å²) in [6, 6.07) is 5.63. The van der Waals surface area contributed by atoms with Crippen LogP contribution in [0, 0.1) is 25.7 Å². The minimum absolute atomic E-state index is 0.488. The minimum Gasteiger partial charge on any atom is -0.207 e. The fourth-order valence-electron chi connectivity index (χ4n) is 4.01. The third-order valence-electron chi connectivity index (χ3n) is 5.20. The second-order valence-electron chi connectivity index (χ2n) is 6.73. The average Bonchev–Trinajstić information content (AvgIpc) is 2.46. The van der Waals surface area contributed by atoms with Crippen molar-refractivity contribution in [2.75, 3.05) is 13.1 Å². The molecule has 0 amide bonds. The third-order valence-corrected chi connectivity index (χ3v) is 7.23. The highest BCUT2D eigenvalue weighted by Crippen LogP contribution is 2.37. The van der Waals surface area contributed by atoms with E-state index in [1.54, 1.807) is 10.4 Å². The minimum atomic E-state index is -3.33. The Morgan fingerprint density at radius 1 is 1.05 bits per heavy atom. The van der Waals surface area contributed by atoms with Crippen molar-refractivity contribution < 1.29 is 8.42 Å². The molecule has 0 unspecified atom stereocenters. The molecular weight excluding hydrogens is 282 g/mol. The van der Waals surface area contributed by atoms with Crippen LogP contribution in [-0.2, 0) is 10.0 Å². The summed E-state index contributed by atoms with van der Waals surface area (Å²) in [6.07, 6.45) is 6.12. The summed E-state index contributed by atoms with van der Waals surface area (Å²) in [4.78, 5) is 0.488. The lowest BCUT2D eigenvalue weighted by molar-refractivity contribution is 0.136. The lowest BCUT2D eigenvalue weighted by Gasteiger charge is -2.40. The number of nitrogens with zero attached hydrogens (tertiary/aromatic N) is 1. The van der Waals surface area contributed by atoms with Gasteiger partial charge in [-0.25, -0.2) is 8.42 Å². The van der Waals surface area contributed by atoms with Crippen molar-refractivity contribution in [2.45, 2.75) is 50.8 Å². The van der Waals surface area contributed by atoms with E-state index >= 15 is 0 Å². The number of sulfonamides is 1. The number of hydrogen-bond donors (Lipinski definition) is 0. The van der Waals surface area contributed by atoms with E-state index in [1.807, 2.05) is 26.0 Å². The van der Waals surface area contributed by atoms with Gasteiger partial charge >= 0.3 is 0 Å². The van der Waals surface area contributed by atoms with Crippen LogP contribution in [0.1, 0.15) is 43.2 Å². The lowest BCUT2D eigenvalue weighted by atomic mass is 9.76. The molecule has 1 aromatic rings. The maximum atomic E-state index is 12.9. The van der Waals surface area contributed by atoms with Crippen LogP contribution in [0.5, 0.6) is 0 Å². The first-order valence-corrected chi connectivity index (χ1v) is 9.50. The summed E-state index contributed by atoms with van der Waals surface area (Å²) in [7, 11) is -3.33. The Kier molecular flexibility index (Phi) is 4.10. The summed E-state index contributed by atoms with van der Waals surface area (Å²) in [5.41, 5.74) is 1.97. The van der Waals surface area contributed by atoms with E-state index < -0.39 is 10.0 Å². The van der Waals surface area contributed by atoms with Gasteiger partial charge in [-0.3, -0.25) is 0 Å². The summed E-state index contributed by atoms with van der Waals surface area (Å²) in [6.45, 7) is 5.31. The fraction of sp³-hybridized carbons (Fsp3) is 0.647. The quantitative estimate of drug-likeness (QED) is 0.838. The molecule has 2 aliphatic rings. The zero-order chi connectivity index (χ0) is 15.0. The van der Waals surface area contributed by atoms with Crippen LogP contribution >= 0.6 is 0 Å². The van der Waals surface area contributed by atoms with Crippen molar-refractivity contribution in [1.29, 1.82) is 0 Å². The average molecular weight is 307 g/mol. The van der Waals surface area contributed by atoms with Gasteiger partial charge in [0, 0.05) is 13.1 Å². The Balaban J connectivity index is 1.85. The molecule has 0 spiro atoms. The summed E-state index contributed by atoms with van der Waals surface area (Å²) < 4.78 is 27.6. The molecule has 1 aliphatic carbocycles. The summed E-state index contributed by atoms with van der Waals surface area (Å²) >= 11 is 0. The highest BCUT2D eigenvalue weighted by Gasteiger charge is 2.36. The van der Waals surface area contributed by atoms with Gasteiger partial charge < -0.3 is 0 Å². The molecule has 1 aromatic carbocycles. The smallest absolute Gasteiger partial charge is 0.207 e. The highest BCUT2D eigenvalue weighted by molar-refractivity contribution is 7.89. The van der Waals surface area contributed by atoms with Crippen molar-refractivity contribution in [3.8, 4) is 0 Å². The van der Waals surface area contributed by atoms with Crippen LogP contribution in [-0.4, -0.2) is 25.8 Å². The Morgan fingerprint density at radius 2 is 1.76 bits per heavy atom. The molecule has 2 atom stereocenters.